The maximum atomic E-state index is 11.6. The minimum absolute atomic E-state index is 0.263. The number of methoxy groups -OCH3 is 2. The third-order valence-electron chi connectivity index (χ3n) is 4.01. The molecule has 2 rings (SSSR count). The Labute approximate surface area is 125 Å². The Kier molecular flexibility index (Phi) is 4.21. The summed E-state index contributed by atoms with van der Waals surface area (Å²) in [7, 11) is 3.19. The van der Waals surface area contributed by atoms with Crippen molar-refractivity contribution in [1.29, 1.82) is 0 Å². The summed E-state index contributed by atoms with van der Waals surface area (Å²) in [6, 6.07) is 4.19. The molecule has 112 valence electrons. The van der Waals surface area contributed by atoms with Gasteiger partial charge in [0.1, 0.15) is 0 Å². The second-order valence-electron chi connectivity index (χ2n) is 5.65. The highest BCUT2D eigenvalue weighted by atomic mass is 16.5. The second kappa shape index (κ2) is 5.76. The van der Waals surface area contributed by atoms with E-state index in [1.165, 1.54) is 5.56 Å². The fraction of sp³-hybridized carbons (Fsp3) is 0.389. The summed E-state index contributed by atoms with van der Waals surface area (Å²) in [5, 5.41) is 1.99. The average molecular weight is 286 g/mol. The van der Waals surface area contributed by atoms with Crippen LogP contribution < -0.4 is 9.47 Å². The third-order valence-corrected chi connectivity index (χ3v) is 4.01. The van der Waals surface area contributed by atoms with Crippen LogP contribution in [0.4, 0.5) is 0 Å². The molecule has 0 aliphatic heterocycles. The zero-order valence-electron chi connectivity index (χ0n) is 13.5. The summed E-state index contributed by atoms with van der Waals surface area (Å²) in [4.78, 5) is 11.6. The number of benzene rings is 2. The molecule has 0 saturated heterocycles. The molecule has 0 saturated carbocycles. The van der Waals surface area contributed by atoms with Crippen LogP contribution in [0, 0.1) is 13.8 Å². The van der Waals surface area contributed by atoms with Gasteiger partial charge in [0, 0.05) is 5.56 Å². The first-order valence-electron chi connectivity index (χ1n) is 7.10. The summed E-state index contributed by atoms with van der Waals surface area (Å²) in [6.07, 6.45) is 0.850. The molecule has 0 unspecified atom stereocenters. The number of hydrogen-bond acceptors (Lipinski definition) is 3. The highest BCUT2D eigenvalue weighted by Gasteiger charge is 2.22. The van der Waals surface area contributed by atoms with Gasteiger partial charge >= 0.3 is 0 Å². The van der Waals surface area contributed by atoms with Crippen molar-refractivity contribution in [3.63, 3.8) is 0 Å². The van der Waals surface area contributed by atoms with Gasteiger partial charge in [-0.1, -0.05) is 26.0 Å². The van der Waals surface area contributed by atoms with Crippen molar-refractivity contribution in [3.05, 3.63) is 34.4 Å². The molecule has 0 fully saturated rings. The Hall–Kier alpha value is -2.03. The van der Waals surface area contributed by atoms with Crippen LogP contribution in [0.3, 0.4) is 0 Å². The Morgan fingerprint density at radius 3 is 1.90 bits per heavy atom. The molecule has 0 aliphatic rings. The monoisotopic (exact) mass is 286 g/mol. The van der Waals surface area contributed by atoms with Gasteiger partial charge in [0.05, 0.1) is 19.8 Å². The van der Waals surface area contributed by atoms with Crippen LogP contribution in [0.1, 0.15) is 46.8 Å². The van der Waals surface area contributed by atoms with E-state index in [1.54, 1.807) is 14.2 Å². The number of carbonyl (C=O) groups is 1. The molecule has 0 atom stereocenters. The van der Waals surface area contributed by atoms with E-state index < -0.39 is 0 Å². The molecular weight excluding hydrogens is 264 g/mol. The van der Waals surface area contributed by atoms with Crippen molar-refractivity contribution in [3.8, 4) is 11.5 Å². The number of fused-ring (bicyclic) bond motifs is 1. The third kappa shape index (κ3) is 2.37. The van der Waals surface area contributed by atoms with Crippen molar-refractivity contribution in [2.45, 2.75) is 33.6 Å². The fourth-order valence-corrected chi connectivity index (χ4v) is 2.85. The number of rotatable bonds is 4. The SMILES string of the molecule is COc1c(OC)c(C(C)C)c2cc(C)c(C)cc2c1C=O. The first-order chi connectivity index (χ1) is 9.96. The molecule has 0 bridgehead atoms. The molecule has 0 amide bonds. The molecular formula is C18H22O3. The maximum absolute atomic E-state index is 11.6. The zero-order chi connectivity index (χ0) is 15.7. The first kappa shape index (κ1) is 15.4. The van der Waals surface area contributed by atoms with Gasteiger partial charge in [-0.05, 0) is 41.7 Å². The van der Waals surface area contributed by atoms with Gasteiger partial charge in [0.2, 0.25) is 0 Å². The van der Waals surface area contributed by atoms with Gasteiger partial charge in [-0.15, -0.1) is 0 Å². The molecule has 0 N–H and O–H groups in total. The van der Waals surface area contributed by atoms with E-state index in [9.17, 15) is 4.79 Å². The molecule has 3 heteroatoms. The van der Waals surface area contributed by atoms with Gasteiger partial charge in [-0.3, -0.25) is 4.79 Å². The van der Waals surface area contributed by atoms with E-state index in [-0.39, 0.29) is 5.92 Å². The van der Waals surface area contributed by atoms with Crippen LogP contribution in [-0.4, -0.2) is 20.5 Å². The maximum Gasteiger partial charge on any atom is 0.172 e. The highest BCUT2D eigenvalue weighted by Crippen LogP contribution is 2.44. The molecule has 0 heterocycles. The Balaban J connectivity index is 3.09. The summed E-state index contributed by atoms with van der Waals surface area (Å²) >= 11 is 0. The Bertz CT molecular complexity index is 700. The van der Waals surface area contributed by atoms with E-state index in [0.29, 0.717) is 17.1 Å². The van der Waals surface area contributed by atoms with Crippen LogP contribution in [0.25, 0.3) is 10.8 Å². The van der Waals surface area contributed by atoms with E-state index in [0.717, 1.165) is 28.2 Å². The largest absolute Gasteiger partial charge is 0.493 e. The van der Waals surface area contributed by atoms with Gasteiger partial charge in [-0.25, -0.2) is 0 Å². The lowest BCUT2D eigenvalue weighted by Gasteiger charge is -2.21. The summed E-state index contributed by atoms with van der Waals surface area (Å²) in [5.41, 5.74) is 4.00. The molecule has 0 aromatic heterocycles. The van der Waals surface area contributed by atoms with Crippen molar-refractivity contribution in [2.75, 3.05) is 14.2 Å². The average Bonchev–Trinajstić information content (AvgIpc) is 2.45. The van der Waals surface area contributed by atoms with Gasteiger partial charge in [0.25, 0.3) is 0 Å². The number of ether oxygens (including phenoxy) is 2. The van der Waals surface area contributed by atoms with Crippen LogP contribution in [0.2, 0.25) is 0 Å². The lowest BCUT2D eigenvalue weighted by Crippen LogP contribution is -2.04. The van der Waals surface area contributed by atoms with Gasteiger partial charge < -0.3 is 9.47 Å². The number of hydrogen-bond donors (Lipinski definition) is 0. The van der Waals surface area contributed by atoms with Crippen LogP contribution in [0.15, 0.2) is 12.1 Å². The zero-order valence-corrected chi connectivity index (χ0v) is 13.5. The topological polar surface area (TPSA) is 35.5 Å². The van der Waals surface area contributed by atoms with Gasteiger partial charge in [0.15, 0.2) is 17.8 Å². The Morgan fingerprint density at radius 2 is 1.48 bits per heavy atom. The molecule has 2 aromatic carbocycles. The minimum Gasteiger partial charge on any atom is -0.493 e. The molecule has 0 aliphatic carbocycles. The molecule has 0 radical (unpaired) electrons. The Morgan fingerprint density at radius 1 is 0.952 bits per heavy atom. The van der Waals surface area contributed by atoms with Crippen molar-refractivity contribution in [2.24, 2.45) is 0 Å². The fourth-order valence-electron chi connectivity index (χ4n) is 2.85. The number of carbonyl (C=O) groups excluding carboxylic acids is 1. The number of aldehydes is 1. The number of aryl methyl sites for hydroxylation is 2. The summed E-state index contributed by atoms with van der Waals surface area (Å²) in [6.45, 7) is 8.37. The summed E-state index contributed by atoms with van der Waals surface area (Å²) < 4.78 is 11.0. The van der Waals surface area contributed by atoms with Crippen LogP contribution in [0.5, 0.6) is 11.5 Å². The van der Waals surface area contributed by atoms with E-state index in [2.05, 4.69) is 39.8 Å². The van der Waals surface area contributed by atoms with Crippen LogP contribution in [-0.2, 0) is 0 Å². The van der Waals surface area contributed by atoms with E-state index >= 15 is 0 Å². The molecule has 21 heavy (non-hydrogen) atoms. The van der Waals surface area contributed by atoms with Crippen molar-refractivity contribution < 1.29 is 14.3 Å². The van der Waals surface area contributed by atoms with Crippen molar-refractivity contribution >= 4 is 17.1 Å². The van der Waals surface area contributed by atoms with Gasteiger partial charge in [-0.2, -0.15) is 0 Å². The predicted octanol–water partition coefficient (Wildman–Crippen LogP) is 4.41. The van der Waals surface area contributed by atoms with Crippen molar-refractivity contribution in [1.82, 2.24) is 0 Å². The molecule has 3 nitrogen and oxygen atoms in total. The lowest BCUT2D eigenvalue weighted by molar-refractivity contribution is 0.112. The van der Waals surface area contributed by atoms with Crippen LogP contribution >= 0.6 is 0 Å². The quantitative estimate of drug-likeness (QED) is 0.781. The highest BCUT2D eigenvalue weighted by molar-refractivity contribution is 6.05. The molecule has 0 spiro atoms. The van der Waals surface area contributed by atoms with E-state index in [4.69, 9.17) is 9.47 Å². The second-order valence-corrected chi connectivity index (χ2v) is 5.65. The first-order valence-corrected chi connectivity index (χ1v) is 7.10. The summed E-state index contributed by atoms with van der Waals surface area (Å²) in [5.74, 6) is 1.44. The predicted molar refractivity (Wildman–Crippen MR) is 86.0 cm³/mol. The standard InChI is InChI=1S/C18H22O3/c1-10(2)16-14-8-12(4)11(3)7-13(14)15(9-19)17(20-5)18(16)21-6/h7-10H,1-6H3. The normalized spacial score (nSPS) is 11.0. The van der Waals surface area contributed by atoms with E-state index in [1.807, 2.05) is 0 Å². The smallest absolute Gasteiger partial charge is 0.172 e. The molecule has 2 aromatic rings. The minimum atomic E-state index is 0.263. The lowest BCUT2D eigenvalue weighted by atomic mass is 9.89.